The van der Waals surface area contributed by atoms with Crippen LogP contribution in [0.2, 0.25) is 0 Å². The number of hydrogen-bond acceptors (Lipinski definition) is 7. The van der Waals surface area contributed by atoms with Crippen LogP contribution in [0.4, 0.5) is 0 Å². The van der Waals surface area contributed by atoms with Crippen molar-refractivity contribution in [2.75, 3.05) is 25.9 Å². The van der Waals surface area contributed by atoms with Crippen molar-refractivity contribution in [1.29, 1.82) is 0 Å². The van der Waals surface area contributed by atoms with Gasteiger partial charge in [-0.15, -0.1) is 0 Å². The van der Waals surface area contributed by atoms with E-state index in [4.69, 9.17) is 10.5 Å². The third-order valence-corrected chi connectivity index (χ3v) is 7.10. The van der Waals surface area contributed by atoms with Gasteiger partial charge in [-0.1, -0.05) is 40.5 Å². The third-order valence-electron chi connectivity index (χ3n) is 6.63. The SMILES string of the molecule is CCC(C)C(CN(C)[C@H](C(=O)N[C@H]1CCC(C)(C)OC1=O)[C@@H](C)CC)NC[C@@H](N)CS. The molecule has 0 aromatic rings. The van der Waals surface area contributed by atoms with Gasteiger partial charge < -0.3 is 21.1 Å². The highest BCUT2D eigenvalue weighted by molar-refractivity contribution is 7.80. The van der Waals surface area contributed by atoms with Crippen LogP contribution in [-0.2, 0) is 14.3 Å². The number of cyclic esters (lactones) is 1. The lowest BCUT2D eigenvalue weighted by atomic mass is 9.92. The number of thiol groups is 1. The van der Waals surface area contributed by atoms with Crippen LogP contribution < -0.4 is 16.4 Å². The molecule has 1 saturated heterocycles. The zero-order chi connectivity index (χ0) is 23.8. The van der Waals surface area contributed by atoms with Gasteiger partial charge in [-0.05, 0) is 45.6 Å². The van der Waals surface area contributed by atoms with E-state index in [0.717, 1.165) is 25.8 Å². The molecular formula is C23H46N4O3S. The van der Waals surface area contributed by atoms with Crippen LogP contribution in [0.15, 0.2) is 0 Å². The molecule has 0 saturated carbocycles. The van der Waals surface area contributed by atoms with Crippen LogP contribution in [0.1, 0.15) is 67.2 Å². The van der Waals surface area contributed by atoms with Gasteiger partial charge in [0.15, 0.2) is 0 Å². The number of hydrogen-bond donors (Lipinski definition) is 4. The van der Waals surface area contributed by atoms with Crippen LogP contribution >= 0.6 is 12.6 Å². The van der Waals surface area contributed by atoms with Crippen molar-refractivity contribution in [2.24, 2.45) is 17.6 Å². The van der Waals surface area contributed by atoms with E-state index in [9.17, 15) is 9.59 Å². The average Bonchev–Trinajstić information content (AvgIpc) is 2.71. The highest BCUT2D eigenvalue weighted by Crippen LogP contribution is 2.25. The summed E-state index contributed by atoms with van der Waals surface area (Å²) in [6, 6.07) is -0.687. The molecule has 1 rings (SSSR count). The van der Waals surface area contributed by atoms with E-state index < -0.39 is 11.6 Å². The fraction of sp³-hybridized carbons (Fsp3) is 0.913. The van der Waals surface area contributed by atoms with Crippen molar-refractivity contribution in [2.45, 2.75) is 97.0 Å². The quantitative estimate of drug-likeness (QED) is 0.250. The molecule has 4 N–H and O–H groups in total. The summed E-state index contributed by atoms with van der Waals surface area (Å²) in [6.45, 7) is 13.8. The van der Waals surface area contributed by atoms with E-state index in [-0.39, 0.29) is 35.9 Å². The fourth-order valence-electron chi connectivity index (χ4n) is 4.03. The Hall–Kier alpha value is -0.830. The minimum Gasteiger partial charge on any atom is -0.458 e. The van der Waals surface area contributed by atoms with Crippen LogP contribution in [0.5, 0.6) is 0 Å². The zero-order valence-electron chi connectivity index (χ0n) is 20.6. The van der Waals surface area contributed by atoms with Crippen molar-refractivity contribution >= 4 is 24.5 Å². The number of carbonyl (C=O) groups excluding carboxylic acids is 2. The number of carbonyl (C=O) groups is 2. The Labute approximate surface area is 195 Å². The lowest BCUT2D eigenvalue weighted by Crippen LogP contribution is -2.58. The number of likely N-dealkylation sites (N-methyl/N-ethyl adjacent to an activating group) is 1. The van der Waals surface area contributed by atoms with Crippen LogP contribution in [0.25, 0.3) is 0 Å². The fourth-order valence-corrected chi connectivity index (χ4v) is 4.16. The molecule has 7 nitrogen and oxygen atoms in total. The highest BCUT2D eigenvalue weighted by atomic mass is 32.1. The largest absolute Gasteiger partial charge is 0.458 e. The Morgan fingerprint density at radius 2 is 1.90 bits per heavy atom. The van der Waals surface area contributed by atoms with Crippen molar-refractivity contribution in [3.05, 3.63) is 0 Å². The van der Waals surface area contributed by atoms with Crippen molar-refractivity contribution in [3.8, 4) is 0 Å². The number of esters is 1. The van der Waals surface area contributed by atoms with E-state index in [1.807, 2.05) is 20.9 Å². The third kappa shape index (κ3) is 8.91. The first-order valence-electron chi connectivity index (χ1n) is 11.8. The van der Waals surface area contributed by atoms with Crippen molar-refractivity contribution < 1.29 is 14.3 Å². The predicted octanol–water partition coefficient (Wildman–Crippen LogP) is 2.19. The molecular weight excluding hydrogens is 412 g/mol. The number of nitrogens with one attached hydrogen (secondary N) is 2. The Kier molecular flexibility index (Phi) is 11.8. The first-order chi connectivity index (χ1) is 14.4. The van der Waals surface area contributed by atoms with Crippen LogP contribution in [0, 0.1) is 11.8 Å². The molecule has 1 aliphatic heterocycles. The second-order valence-electron chi connectivity index (χ2n) is 9.89. The maximum atomic E-state index is 13.3. The lowest BCUT2D eigenvalue weighted by molar-refractivity contribution is -0.168. The summed E-state index contributed by atoms with van der Waals surface area (Å²) in [5, 5.41) is 6.55. The minimum atomic E-state index is -0.572. The van der Waals surface area contributed by atoms with Gasteiger partial charge in [0, 0.05) is 30.9 Å². The van der Waals surface area contributed by atoms with Crippen molar-refractivity contribution in [1.82, 2.24) is 15.5 Å². The molecule has 1 aliphatic rings. The molecule has 0 spiro atoms. The number of ether oxygens (including phenoxy) is 1. The Balaban J connectivity index is 2.88. The standard InChI is InChI=1S/C23H46N4O3S/c1-8-15(3)19(25-12-17(24)14-31)13-27(7)20(16(4)9-2)21(28)26-18-10-11-23(5,6)30-22(18)29/h15-20,25,31H,8-14,24H2,1-7H3,(H,26,28)/t15?,16-,17+,18-,19?,20-/m0/s1. The number of nitrogens with zero attached hydrogens (tertiary/aromatic N) is 1. The molecule has 31 heavy (non-hydrogen) atoms. The Morgan fingerprint density at radius 1 is 1.29 bits per heavy atom. The van der Waals surface area contributed by atoms with Gasteiger partial charge in [0.05, 0.1) is 6.04 Å². The summed E-state index contributed by atoms with van der Waals surface area (Å²) in [5.41, 5.74) is 5.58. The summed E-state index contributed by atoms with van der Waals surface area (Å²) in [7, 11) is 1.99. The molecule has 0 bridgehead atoms. The van der Waals surface area contributed by atoms with Gasteiger partial charge in [0.2, 0.25) is 5.91 Å². The van der Waals surface area contributed by atoms with Gasteiger partial charge in [0.25, 0.3) is 0 Å². The second kappa shape index (κ2) is 13.0. The maximum absolute atomic E-state index is 13.3. The van der Waals surface area contributed by atoms with Gasteiger partial charge in [-0.25, -0.2) is 4.79 Å². The van der Waals surface area contributed by atoms with Crippen LogP contribution in [-0.4, -0.2) is 72.4 Å². The van der Waals surface area contributed by atoms with Gasteiger partial charge in [-0.3, -0.25) is 9.69 Å². The van der Waals surface area contributed by atoms with E-state index in [1.165, 1.54) is 0 Å². The molecule has 0 aliphatic carbocycles. The zero-order valence-corrected chi connectivity index (χ0v) is 21.5. The molecule has 0 aromatic carbocycles. The summed E-state index contributed by atoms with van der Waals surface area (Å²) in [4.78, 5) is 27.8. The number of rotatable bonds is 13. The lowest BCUT2D eigenvalue weighted by Gasteiger charge is -2.38. The predicted molar refractivity (Wildman–Crippen MR) is 130 cm³/mol. The molecule has 0 aromatic heterocycles. The summed E-state index contributed by atoms with van der Waals surface area (Å²) in [6.07, 6.45) is 3.24. The topological polar surface area (TPSA) is 96.7 Å². The van der Waals surface area contributed by atoms with E-state index >= 15 is 0 Å². The second-order valence-corrected chi connectivity index (χ2v) is 10.3. The molecule has 0 radical (unpaired) electrons. The van der Waals surface area contributed by atoms with Gasteiger partial charge in [0.1, 0.15) is 11.6 Å². The smallest absolute Gasteiger partial charge is 0.329 e. The molecule has 1 amide bonds. The Bertz CT molecular complexity index is 575. The van der Waals surface area contributed by atoms with E-state index in [0.29, 0.717) is 24.6 Å². The minimum absolute atomic E-state index is 0.00424. The molecule has 1 heterocycles. The monoisotopic (exact) mass is 458 g/mol. The van der Waals surface area contributed by atoms with Gasteiger partial charge in [-0.2, -0.15) is 12.6 Å². The summed E-state index contributed by atoms with van der Waals surface area (Å²) < 4.78 is 5.49. The van der Waals surface area contributed by atoms with Gasteiger partial charge >= 0.3 is 5.97 Å². The normalized spacial score (nSPS) is 23.5. The Morgan fingerprint density at radius 3 is 2.42 bits per heavy atom. The molecule has 182 valence electrons. The summed E-state index contributed by atoms with van der Waals surface area (Å²) >= 11 is 4.28. The highest BCUT2D eigenvalue weighted by Gasteiger charge is 2.38. The molecule has 8 heteroatoms. The summed E-state index contributed by atoms with van der Waals surface area (Å²) in [5.74, 6) is 0.773. The molecule has 1 fully saturated rings. The van der Waals surface area contributed by atoms with E-state index in [1.54, 1.807) is 0 Å². The first-order valence-corrected chi connectivity index (χ1v) is 12.4. The average molecular weight is 459 g/mol. The maximum Gasteiger partial charge on any atom is 0.329 e. The number of nitrogens with two attached hydrogens (primary N) is 1. The first kappa shape index (κ1) is 28.2. The van der Waals surface area contributed by atoms with E-state index in [2.05, 4.69) is 55.9 Å². The number of amides is 1. The van der Waals surface area contributed by atoms with Crippen LogP contribution in [0.3, 0.4) is 0 Å². The molecule has 6 atom stereocenters. The van der Waals surface area contributed by atoms with Crippen molar-refractivity contribution in [3.63, 3.8) is 0 Å². The molecule has 2 unspecified atom stereocenters.